The highest BCUT2D eigenvalue weighted by atomic mass is 35.5. The minimum absolute atomic E-state index is 0. The standard InChI is InChI=1S/C17H24ClN3.ClH/c18-16-4-1-3-15(11-16)17(13-20)7-5-14(6-8-17)12-21-10-2-9-19;/h1,3-4,11,14,21H,2,5-8,10,12-13,20H2;1H. The zero-order valence-corrected chi connectivity index (χ0v) is 14.4. The van der Waals surface area contributed by atoms with Crippen LogP contribution in [-0.4, -0.2) is 19.6 Å². The second kappa shape index (κ2) is 9.37. The fourth-order valence-electron chi connectivity index (χ4n) is 3.31. The fourth-order valence-corrected chi connectivity index (χ4v) is 3.50. The number of hydrogen-bond donors (Lipinski definition) is 2. The number of nitrogens with two attached hydrogens (primary N) is 1. The summed E-state index contributed by atoms with van der Waals surface area (Å²) in [5.41, 5.74) is 7.49. The molecule has 1 aromatic carbocycles. The molecule has 0 aromatic heterocycles. The predicted octanol–water partition coefficient (Wildman–Crippen LogP) is 3.65. The highest BCUT2D eigenvalue weighted by molar-refractivity contribution is 6.30. The molecule has 0 atom stereocenters. The third-order valence-corrected chi connectivity index (χ3v) is 4.97. The van der Waals surface area contributed by atoms with Crippen LogP contribution in [-0.2, 0) is 5.41 Å². The molecule has 0 radical (unpaired) electrons. The summed E-state index contributed by atoms with van der Waals surface area (Å²) in [6, 6.07) is 10.3. The summed E-state index contributed by atoms with van der Waals surface area (Å²) in [5, 5.41) is 12.7. The Bertz CT molecular complexity index is 491. The number of hydrogen-bond acceptors (Lipinski definition) is 3. The van der Waals surface area contributed by atoms with Crippen molar-refractivity contribution in [1.82, 2.24) is 5.32 Å². The van der Waals surface area contributed by atoms with Crippen LogP contribution in [0.3, 0.4) is 0 Å². The van der Waals surface area contributed by atoms with E-state index < -0.39 is 0 Å². The zero-order valence-electron chi connectivity index (χ0n) is 12.9. The summed E-state index contributed by atoms with van der Waals surface area (Å²) in [7, 11) is 0. The highest BCUT2D eigenvalue weighted by Crippen LogP contribution is 2.41. The van der Waals surface area contributed by atoms with E-state index in [1.165, 1.54) is 18.4 Å². The first-order valence-electron chi connectivity index (χ1n) is 7.74. The van der Waals surface area contributed by atoms with E-state index >= 15 is 0 Å². The van der Waals surface area contributed by atoms with Crippen molar-refractivity contribution in [3.8, 4) is 6.07 Å². The Morgan fingerprint density at radius 2 is 2.09 bits per heavy atom. The molecule has 0 saturated heterocycles. The van der Waals surface area contributed by atoms with Crippen LogP contribution in [0.2, 0.25) is 5.02 Å². The number of nitrogens with zero attached hydrogens (tertiary/aromatic N) is 1. The van der Waals surface area contributed by atoms with Crippen molar-refractivity contribution in [2.45, 2.75) is 37.5 Å². The van der Waals surface area contributed by atoms with E-state index in [-0.39, 0.29) is 17.8 Å². The number of nitrogens with one attached hydrogen (secondary N) is 1. The maximum Gasteiger partial charge on any atom is 0.0635 e. The molecule has 0 bridgehead atoms. The van der Waals surface area contributed by atoms with Gasteiger partial charge in [-0.3, -0.25) is 0 Å². The number of halogens is 2. The molecule has 22 heavy (non-hydrogen) atoms. The maximum absolute atomic E-state index is 8.54. The molecule has 1 fully saturated rings. The average molecular weight is 342 g/mol. The Hall–Kier alpha value is -0.790. The van der Waals surface area contributed by atoms with E-state index in [0.717, 1.165) is 31.0 Å². The van der Waals surface area contributed by atoms with E-state index in [0.29, 0.717) is 18.9 Å². The fraction of sp³-hybridized carbons (Fsp3) is 0.588. The molecule has 0 unspecified atom stereocenters. The van der Waals surface area contributed by atoms with E-state index in [1.54, 1.807) is 0 Å². The van der Waals surface area contributed by atoms with Gasteiger partial charge in [0.2, 0.25) is 0 Å². The van der Waals surface area contributed by atoms with E-state index in [2.05, 4.69) is 23.5 Å². The summed E-state index contributed by atoms with van der Waals surface area (Å²) in [6.45, 7) is 2.49. The van der Waals surface area contributed by atoms with Crippen LogP contribution in [0.15, 0.2) is 24.3 Å². The van der Waals surface area contributed by atoms with Crippen LogP contribution >= 0.6 is 24.0 Å². The molecule has 0 heterocycles. The van der Waals surface area contributed by atoms with Crippen molar-refractivity contribution in [3.05, 3.63) is 34.9 Å². The van der Waals surface area contributed by atoms with Crippen LogP contribution in [0.1, 0.15) is 37.7 Å². The van der Waals surface area contributed by atoms with Gasteiger partial charge >= 0.3 is 0 Å². The largest absolute Gasteiger partial charge is 0.330 e. The lowest BCUT2D eigenvalue weighted by Gasteiger charge is -2.40. The van der Waals surface area contributed by atoms with E-state index in [4.69, 9.17) is 22.6 Å². The molecule has 122 valence electrons. The van der Waals surface area contributed by atoms with E-state index in [9.17, 15) is 0 Å². The van der Waals surface area contributed by atoms with Gasteiger partial charge < -0.3 is 11.1 Å². The second-order valence-corrected chi connectivity index (χ2v) is 6.49. The van der Waals surface area contributed by atoms with E-state index in [1.807, 2.05) is 12.1 Å². The third-order valence-electron chi connectivity index (χ3n) is 4.74. The SMILES string of the molecule is Cl.N#CCCNCC1CCC(CN)(c2cccc(Cl)c2)CC1. The molecule has 1 aliphatic rings. The second-order valence-electron chi connectivity index (χ2n) is 6.05. The normalized spacial score (nSPS) is 24.3. The van der Waals surface area contributed by atoms with Gasteiger partial charge in [-0.1, -0.05) is 23.7 Å². The van der Waals surface area contributed by atoms with Gasteiger partial charge in [-0.05, 0) is 55.8 Å². The third kappa shape index (κ3) is 4.86. The molecule has 1 aliphatic carbocycles. The summed E-state index contributed by atoms with van der Waals surface area (Å²) in [5.74, 6) is 0.697. The van der Waals surface area contributed by atoms with Gasteiger partial charge in [0.05, 0.1) is 6.07 Å². The molecule has 3 N–H and O–H groups in total. The first-order chi connectivity index (χ1) is 10.2. The number of rotatable bonds is 6. The molecule has 0 aliphatic heterocycles. The van der Waals surface area contributed by atoms with Gasteiger partial charge in [-0.25, -0.2) is 0 Å². The lowest BCUT2D eigenvalue weighted by atomic mass is 9.66. The first kappa shape index (κ1) is 19.3. The molecular formula is C17H25Cl2N3. The molecule has 3 nitrogen and oxygen atoms in total. The smallest absolute Gasteiger partial charge is 0.0635 e. The summed E-state index contributed by atoms with van der Waals surface area (Å²) >= 11 is 6.13. The Morgan fingerprint density at radius 1 is 1.36 bits per heavy atom. The predicted molar refractivity (Wildman–Crippen MR) is 94.5 cm³/mol. The Morgan fingerprint density at radius 3 is 2.68 bits per heavy atom. The Labute approximate surface area is 144 Å². The maximum atomic E-state index is 8.54. The minimum Gasteiger partial charge on any atom is -0.330 e. The highest BCUT2D eigenvalue weighted by Gasteiger charge is 2.35. The van der Waals surface area contributed by atoms with Crippen LogP contribution in [0.4, 0.5) is 0 Å². The van der Waals surface area contributed by atoms with Gasteiger partial charge in [0, 0.05) is 29.9 Å². The first-order valence-corrected chi connectivity index (χ1v) is 8.12. The van der Waals surface area contributed by atoms with Crippen LogP contribution < -0.4 is 11.1 Å². The topological polar surface area (TPSA) is 61.8 Å². The van der Waals surface area contributed by atoms with Gasteiger partial charge in [0.15, 0.2) is 0 Å². The van der Waals surface area contributed by atoms with Crippen molar-refractivity contribution >= 4 is 24.0 Å². The Kier molecular flexibility index (Phi) is 8.20. The molecule has 0 spiro atoms. The van der Waals surface area contributed by atoms with Crippen LogP contribution in [0.5, 0.6) is 0 Å². The lowest BCUT2D eigenvalue weighted by Crippen LogP contribution is -2.40. The van der Waals surface area contributed by atoms with Crippen LogP contribution in [0, 0.1) is 17.2 Å². The average Bonchev–Trinajstić information content (AvgIpc) is 2.52. The molecule has 0 amide bonds. The van der Waals surface area contributed by atoms with Crippen molar-refractivity contribution in [2.75, 3.05) is 19.6 Å². The summed E-state index contributed by atoms with van der Waals surface area (Å²) in [4.78, 5) is 0. The minimum atomic E-state index is 0. The molecule has 5 heteroatoms. The monoisotopic (exact) mass is 341 g/mol. The Balaban J connectivity index is 0.00000242. The lowest BCUT2D eigenvalue weighted by molar-refractivity contribution is 0.231. The van der Waals surface area contributed by atoms with Crippen LogP contribution in [0.25, 0.3) is 0 Å². The summed E-state index contributed by atoms with van der Waals surface area (Å²) in [6.07, 6.45) is 5.19. The quantitative estimate of drug-likeness (QED) is 0.776. The van der Waals surface area contributed by atoms with Crippen molar-refractivity contribution in [3.63, 3.8) is 0 Å². The molecule has 2 rings (SSSR count). The summed E-state index contributed by atoms with van der Waals surface area (Å²) < 4.78 is 0. The van der Waals surface area contributed by atoms with Gasteiger partial charge in [-0.2, -0.15) is 5.26 Å². The van der Waals surface area contributed by atoms with Gasteiger partial charge in [0.25, 0.3) is 0 Å². The molecule has 1 aromatic rings. The van der Waals surface area contributed by atoms with Gasteiger partial charge in [0.1, 0.15) is 0 Å². The van der Waals surface area contributed by atoms with Crippen molar-refractivity contribution < 1.29 is 0 Å². The molecular weight excluding hydrogens is 317 g/mol. The number of benzene rings is 1. The number of nitriles is 1. The van der Waals surface area contributed by atoms with Crippen molar-refractivity contribution in [2.24, 2.45) is 11.7 Å². The molecule has 1 saturated carbocycles. The zero-order chi connectivity index (χ0) is 15.1. The van der Waals surface area contributed by atoms with Gasteiger partial charge in [-0.15, -0.1) is 12.4 Å². The van der Waals surface area contributed by atoms with Crippen molar-refractivity contribution in [1.29, 1.82) is 5.26 Å².